The van der Waals surface area contributed by atoms with Crippen LogP contribution in [-0.2, 0) is 6.61 Å². The molecule has 0 N–H and O–H groups in total. The number of hydrogen-bond donors (Lipinski definition) is 0. The van der Waals surface area contributed by atoms with Gasteiger partial charge in [-0.1, -0.05) is 30.3 Å². The summed E-state index contributed by atoms with van der Waals surface area (Å²) < 4.78 is 5.74. The van der Waals surface area contributed by atoms with E-state index in [1.165, 1.54) is 11.3 Å². The van der Waals surface area contributed by atoms with E-state index in [1.54, 1.807) is 5.38 Å². The molecular weight excluding hydrogens is 282 g/mol. The lowest BCUT2D eigenvalue weighted by molar-refractivity contribution is 0.111. The first-order chi connectivity index (χ1) is 10.3. The quantitative estimate of drug-likeness (QED) is 0.662. The molecule has 0 radical (unpaired) electrons. The van der Waals surface area contributed by atoms with Gasteiger partial charge in [-0.2, -0.15) is 0 Å². The van der Waals surface area contributed by atoms with Gasteiger partial charge in [0, 0.05) is 10.9 Å². The van der Waals surface area contributed by atoms with Crippen LogP contribution in [0.15, 0.2) is 60.0 Å². The molecule has 0 bridgehead atoms. The van der Waals surface area contributed by atoms with Crippen LogP contribution in [0.5, 0.6) is 5.75 Å². The summed E-state index contributed by atoms with van der Waals surface area (Å²) >= 11 is 1.46. The van der Waals surface area contributed by atoms with Crippen molar-refractivity contribution in [2.24, 2.45) is 0 Å². The average molecular weight is 295 g/mol. The second-order valence-electron chi connectivity index (χ2n) is 4.49. The van der Waals surface area contributed by atoms with Gasteiger partial charge in [0.15, 0.2) is 6.29 Å². The summed E-state index contributed by atoms with van der Waals surface area (Å²) in [5.41, 5.74) is 2.59. The van der Waals surface area contributed by atoms with Crippen molar-refractivity contribution in [3.63, 3.8) is 0 Å². The molecule has 0 atom stereocenters. The van der Waals surface area contributed by atoms with E-state index in [-0.39, 0.29) is 0 Å². The smallest absolute Gasteiger partial charge is 0.169 e. The summed E-state index contributed by atoms with van der Waals surface area (Å²) in [6.45, 7) is 0.548. The number of hydrogen-bond acceptors (Lipinski definition) is 4. The summed E-state index contributed by atoms with van der Waals surface area (Å²) in [6, 6.07) is 17.8. The average Bonchev–Trinajstić information content (AvgIpc) is 3.03. The third-order valence-electron chi connectivity index (χ3n) is 2.99. The number of aromatic nitrogens is 1. The lowest BCUT2D eigenvalue weighted by Crippen LogP contribution is -1.94. The molecule has 4 heteroatoms. The van der Waals surface area contributed by atoms with Crippen molar-refractivity contribution >= 4 is 17.6 Å². The molecule has 0 amide bonds. The molecule has 1 heterocycles. The normalized spacial score (nSPS) is 10.3. The molecule has 0 aliphatic heterocycles. The molecule has 0 saturated heterocycles. The summed E-state index contributed by atoms with van der Waals surface area (Å²) in [5.74, 6) is 0.815. The second kappa shape index (κ2) is 6.33. The molecule has 2 aromatic carbocycles. The molecule has 21 heavy (non-hydrogen) atoms. The number of ether oxygens (including phenoxy) is 1. The Kier molecular flexibility index (Phi) is 4.07. The van der Waals surface area contributed by atoms with Gasteiger partial charge in [-0.25, -0.2) is 4.98 Å². The largest absolute Gasteiger partial charge is 0.489 e. The van der Waals surface area contributed by atoms with Crippen LogP contribution in [0.2, 0.25) is 0 Å². The van der Waals surface area contributed by atoms with E-state index in [0.717, 1.165) is 28.2 Å². The first-order valence-corrected chi connectivity index (χ1v) is 7.41. The summed E-state index contributed by atoms with van der Waals surface area (Å²) in [6.07, 6.45) is 0.761. The summed E-state index contributed by atoms with van der Waals surface area (Å²) in [5, 5.41) is 2.59. The predicted molar refractivity (Wildman–Crippen MR) is 83.7 cm³/mol. The van der Waals surface area contributed by atoms with Crippen LogP contribution in [0, 0.1) is 0 Å². The van der Waals surface area contributed by atoms with Gasteiger partial charge in [0.1, 0.15) is 23.1 Å². The highest BCUT2D eigenvalue weighted by Gasteiger charge is 2.04. The van der Waals surface area contributed by atoms with Crippen LogP contribution in [-0.4, -0.2) is 11.3 Å². The number of nitrogens with zero attached hydrogens (tertiary/aromatic N) is 1. The van der Waals surface area contributed by atoms with Crippen LogP contribution >= 0.6 is 11.3 Å². The fraction of sp³-hybridized carbons (Fsp3) is 0.0588. The predicted octanol–water partition coefficient (Wildman–Crippen LogP) is 4.20. The molecule has 0 unspecified atom stereocenters. The third-order valence-corrected chi connectivity index (χ3v) is 3.90. The number of thiazole rings is 1. The Morgan fingerprint density at radius 2 is 1.81 bits per heavy atom. The van der Waals surface area contributed by atoms with Gasteiger partial charge < -0.3 is 4.74 Å². The van der Waals surface area contributed by atoms with Crippen molar-refractivity contribution in [3.05, 3.63) is 71.2 Å². The van der Waals surface area contributed by atoms with Crippen LogP contribution in [0.1, 0.15) is 16.1 Å². The Morgan fingerprint density at radius 1 is 1.05 bits per heavy atom. The maximum atomic E-state index is 10.6. The molecule has 3 nitrogen and oxygen atoms in total. The fourth-order valence-electron chi connectivity index (χ4n) is 1.91. The minimum absolute atomic E-state index is 0.472. The van der Waals surface area contributed by atoms with Crippen LogP contribution in [0.3, 0.4) is 0 Å². The fourth-order valence-corrected chi connectivity index (χ4v) is 2.68. The number of carbonyl (C=O) groups excluding carboxylic acids is 1. The van der Waals surface area contributed by atoms with E-state index in [9.17, 15) is 4.79 Å². The maximum Gasteiger partial charge on any atom is 0.169 e. The number of aldehydes is 1. The van der Waals surface area contributed by atoms with E-state index in [0.29, 0.717) is 12.3 Å². The van der Waals surface area contributed by atoms with Gasteiger partial charge in [-0.05, 0) is 29.8 Å². The highest BCUT2D eigenvalue weighted by Crippen LogP contribution is 2.25. The Labute approximate surface area is 126 Å². The molecule has 0 spiro atoms. The number of carbonyl (C=O) groups is 1. The molecule has 0 aliphatic rings. The van der Waals surface area contributed by atoms with Gasteiger partial charge >= 0.3 is 0 Å². The molecule has 1 aromatic heterocycles. The van der Waals surface area contributed by atoms with E-state index < -0.39 is 0 Å². The van der Waals surface area contributed by atoms with Gasteiger partial charge in [0.25, 0.3) is 0 Å². The van der Waals surface area contributed by atoms with E-state index in [4.69, 9.17) is 4.74 Å². The Morgan fingerprint density at radius 3 is 2.48 bits per heavy atom. The molecule has 0 fully saturated rings. The van der Waals surface area contributed by atoms with Gasteiger partial charge in [0.05, 0.1) is 0 Å². The number of rotatable bonds is 5. The highest BCUT2D eigenvalue weighted by atomic mass is 32.1. The van der Waals surface area contributed by atoms with Crippen molar-refractivity contribution < 1.29 is 9.53 Å². The van der Waals surface area contributed by atoms with Crippen LogP contribution in [0.4, 0.5) is 0 Å². The van der Waals surface area contributed by atoms with Crippen molar-refractivity contribution in [2.45, 2.75) is 6.61 Å². The first-order valence-electron chi connectivity index (χ1n) is 6.53. The van der Waals surface area contributed by atoms with Gasteiger partial charge in [0.2, 0.25) is 0 Å². The van der Waals surface area contributed by atoms with Gasteiger partial charge in [-0.15, -0.1) is 11.3 Å². The SMILES string of the molecule is O=Cc1csc(-c2ccc(OCc3ccccc3)cc2)n1. The zero-order valence-corrected chi connectivity index (χ0v) is 12.0. The first kappa shape index (κ1) is 13.5. The monoisotopic (exact) mass is 295 g/mol. The Hall–Kier alpha value is -2.46. The Balaban J connectivity index is 1.68. The van der Waals surface area contributed by atoms with Gasteiger partial charge in [-0.3, -0.25) is 4.79 Å². The third kappa shape index (κ3) is 3.35. The minimum Gasteiger partial charge on any atom is -0.489 e. The van der Waals surface area contributed by atoms with Crippen molar-refractivity contribution in [2.75, 3.05) is 0 Å². The molecule has 0 aliphatic carbocycles. The second-order valence-corrected chi connectivity index (χ2v) is 5.35. The van der Waals surface area contributed by atoms with Crippen LogP contribution < -0.4 is 4.74 Å². The summed E-state index contributed by atoms with van der Waals surface area (Å²) in [4.78, 5) is 14.9. The highest BCUT2D eigenvalue weighted by molar-refractivity contribution is 7.13. The Bertz CT molecular complexity index is 720. The van der Waals surface area contributed by atoms with E-state index in [2.05, 4.69) is 4.98 Å². The summed E-state index contributed by atoms with van der Waals surface area (Å²) in [7, 11) is 0. The van der Waals surface area contributed by atoms with Crippen molar-refractivity contribution in [3.8, 4) is 16.3 Å². The maximum absolute atomic E-state index is 10.6. The van der Waals surface area contributed by atoms with Crippen LogP contribution in [0.25, 0.3) is 10.6 Å². The minimum atomic E-state index is 0.472. The van der Waals surface area contributed by atoms with E-state index >= 15 is 0 Å². The zero-order chi connectivity index (χ0) is 14.5. The lowest BCUT2D eigenvalue weighted by Gasteiger charge is -2.06. The standard InChI is InChI=1S/C17H13NO2S/c19-10-15-12-21-17(18-15)14-6-8-16(9-7-14)20-11-13-4-2-1-3-5-13/h1-10,12H,11H2. The number of benzene rings is 2. The molecule has 104 valence electrons. The lowest BCUT2D eigenvalue weighted by atomic mass is 10.2. The molecule has 0 saturated carbocycles. The molecule has 3 aromatic rings. The topological polar surface area (TPSA) is 39.2 Å². The molecular formula is C17H13NO2S. The van der Waals surface area contributed by atoms with E-state index in [1.807, 2.05) is 54.6 Å². The zero-order valence-electron chi connectivity index (χ0n) is 11.2. The van der Waals surface area contributed by atoms with Crippen molar-refractivity contribution in [1.29, 1.82) is 0 Å². The van der Waals surface area contributed by atoms with Crippen molar-refractivity contribution in [1.82, 2.24) is 4.98 Å². The molecule has 3 rings (SSSR count).